The Bertz CT molecular complexity index is 936. The highest BCUT2D eigenvalue weighted by Gasteiger charge is 2.23. The number of carbonyl (C=O) groups is 1. The molecule has 2 heterocycles. The SMILES string of the molecule is CCN(Cc1cccs1)C(=O)c1nnn(-c2cccc([N+](=O)[O-])c2)c1C. The van der Waals surface area contributed by atoms with E-state index in [0.29, 0.717) is 24.5 Å². The van der Waals surface area contributed by atoms with Crippen molar-refractivity contribution >= 4 is 22.9 Å². The molecule has 134 valence electrons. The van der Waals surface area contributed by atoms with Crippen LogP contribution in [0.1, 0.15) is 28.0 Å². The van der Waals surface area contributed by atoms with E-state index in [0.717, 1.165) is 4.88 Å². The van der Waals surface area contributed by atoms with Crippen molar-refractivity contribution in [1.82, 2.24) is 19.9 Å². The second-order valence-corrected chi connectivity index (χ2v) is 6.64. The van der Waals surface area contributed by atoms with Gasteiger partial charge in [-0.2, -0.15) is 0 Å². The average Bonchev–Trinajstić information content (AvgIpc) is 3.28. The van der Waals surface area contributed by atoms with Crippen LogP contribution in [-0.4, -0.2) is 37.3 Å². The number of carbonyl (C=O) groups excluding carboxylic acids is 1. The summed E-state index contributed by atoms with van der Waals surface area (Å²) in [4.78, 5) is 26.1. The molecule has 0 fully saturated rings. The minimum Gasteiger partial charge on any atom is -0.332 e. The number of aromatic nitrogens is 3. The molecule has 0 bridgehead atoms. The number of nitro benzene ring substituents is 1. The Morgan fingerprint density at radius 3 is 2.81 bits per heavy atom. The molecule has 0 N–H and O–H groups in total. The zero-order valence-corrected chi connectivity index (χ0v) is 15.1. The largest absolute Gasteiger partial charge is 0.332 e. The van der Waals surface area contributed by atoms with Gasteiger partial charge in [0.15, 0.2) is 5.69 Å². The third-order valence-corrected chi connectivity index (χ3v) is 4.84. The number of rotatable bonds is 6. The maximum Gasteiger partial charge on any atom is 0.276 e. The van der Waals surface area contributed by atoms with Crippen LogP contribution in [0.2, 0.25) is 0 Å². The number of amides is 1. The van der Waals surface area contributed by atoms with Crippen molar-refractivity contribution in [2.24, 2.45) is 0 Å². The maximum absolute atomic E-state index is 12.8. The van der Waals surface area contributed by atoms with Crippen LogP contribution in [0.4, 0.5) is 5.69 Å². The second kappa shape index (κ2) is 7.44. The third kappa shape index (κ3) is 3.47. The first-order chi connectivity index (χ1) is 12.5. The number of hydrogen-bond donors (Lipinski definition) is 0. The Balaban J connectivity index is 1.89. The number of nitrogens with zero attached hydrogens (tertiary/aromatic N) is 5. The van der Waals surface area contributed by atoms with Crippen LogP contribution in [-0.2, 0) is 6.54 Å². The molecule has 0 aliphatic rings. The number of nitro groups is 1. The van der Waals surface area contributed by atoms with Gasteiger partial charge >= 0.3 is 0 Å². The monoisotopic (exact) mass is 371 g/mol. The van der Waals surface area contributed by atoms with Crippen molar-refractivity contribution in [3.05, 3.63) is 68.2 Å². The highest BCUT2D eigenvalue weighted by molar-refractivity contribution is 7.09. The predicted molar refractivity (Wildman–Crippen MR) is 97.5 cm³/mol. The zero-order valence-electron chi connectivity index (χ0n) is 14.3. The smallest absolute Gasteiger partial charge is 0.276 e. The van der Waals surface area contributed by atoms with Gasteiger partial charge < -0.3 is 4.90 Å². The molecule has 0 saturated carbocycles. The maximum atomic E-state index is 12.8. The summed E-state index contributed by atoms with van der Waals surface area (Å²) >= 11 is 1.59. The van der Waals surface area contributed by atoms with Crippen LogP contribution in [0, 0.1) is 17.0 Å². The summed E-state index contributed by atoms with van der Waals surface area (Å²) in [6.07, 6.45) is 0. The van der Waals surface area contributed by atoms with Crippen molar-refractivity contribution in [1.29, 1.82) is 0 Å². The summed E-state index contributed by atoms with van der Waals surface area (Å²) in [6.45, 7) is 4.69. The summed E-state index contributed by atoms with van der Waals surface area (Å²) in [6, 6.07) is 9.99. The number of non-ortho nitro benzene ring substituents is 1. The molecule has 1 aromatic carbocycles. The Kier molecular flexibility index (Phi) is 5.08. The Morgan fingerprint density at radius 2 is 2.15 bits per heavy atom. The van der Waals surface area contributed by atoms with Crippen LogP contribution >= 0.6 is 11.3 Å². The van der Waals surface area contributed by atoms with Crippen molar-refractivity contribution in [3.8, 4) is 5.69 Å². The van der Waals surface area contributed by atoms with E-state index in [9.17, 15) is 14.9 Å². The summed E-state index contributed by atoms with van der Waals surface area (Å²) in [5, 5.41) is 21.0. The fraction of sp³-hybridized carbons (Fsp3) is 0.235. The minimum atomic E-state index is -0.471. The van der Waals surface area contributed by atoms with Crippen LogP contribution in [0.5, 0.6) is 0 Å². The molecule has 2 aromatic heterocycles. The zero-order chi connectivity index (χ0) is 18.7. The number of thiophene rings is 1. The summed E-state index contributed by atoms with van der Waals surface area (Å²) in [5.41, 5.74) is 1.23. The van der Waals surface area contributed by atoms with Crippen molar-refractivity contribution in [2.45, 2.75) is 20.4 Å². The van der Waals surface area contributed by atoms with Gasteiger partial charge in [0.2, 0.25) is 0 Å². The fourth-order valence-electron chi connectivity index (χ4n) is 2.58. The quantitative estimate of drug-likeness (QED) is 0.490. The van der Waals surface area contributed by atoms with Gasteiger partial charge in [-0.15, -0.1) is 16.4 Å². The molecule has 8 nitrogen and oxygen atoms in total. The molecule has 1 amide bonds. The summed E-state index contributed by atoms with van der Waals surface area (Å²) in [7, 11) is 0. The Labute approximate surface area is 153 Å². The first kappa shape index (κ1) is 17.7. The number of hydrogen-bond acceptors (Lipinski definition) is 6. The fourth-order valence-corrected chi connectivity index (χ4v) is 3.30. The molecule has 0 aliphatic heterocycles. The van der Waals surface area contributed by atoms with E-state index >= 15 is 0 Å². The van der Waals surface area contributed by atoms with E-state index in [4.69, 9.17) is 0 Å². The van der Waals surface area contributed by atoms with E-state index < -0.39 is 4.92 Å². The molecule has 3 aromatic rings. The highest BCUT2D eigenvalue weighted by atomic mass is 32.1. The third-order valence-electron chi connectivity index (χ3n) is 3.98. The van der Waals surface area contributed by atoms with Crippen molar-refractivity contribution in [2.75, 3.05) is 6.54 Å². The lowest BCUT2D eigenvalue weighted by Gasteiger charge is -2.19. The number of benzene rings is 1. The van der Waals surface area contributed by atoms with E-state index in [1.165, 1.54) is 16.8 Å². The molecule has 3 rings (SSSR count). The van der Waals surface area contributed by atoms with Crippen molar-refractivity contribution < 1.29 is 9.72 Å². The molecular formula is C17H17N5O3S. The van der Waals surface area contributed by atoms with Crippen LogP contribution in [0.25, 0.3) is 5.69 Å². The molecule has 0 spiro atoms. The average molecular weight is 371 g/mol. The molecule has 9 heteroatoms. The lowest BCUT2D eigenvalue weighted by atomic mass is 10.2. The molecule has 0 aliphatic carbocycles. The van der Waals surface area contributed by atoms with Gasteiger partial charge in [0.25, 0.3) is 11.6 Å². The second-order valence-electron chi connectivity index (χ2n) is 5.61. The van der Waals surface area contributed by atoms with Crippen LogP contribution in [0.3, 0.4) is 0 Å². The van der Waals surface area contributed by atoms with Crippen LogP contribution in [0.15, 0.2) is 41.8 Å². The highest BCUT2D eigenvalue weighted by Crippen LogP contribution is 2.20. The first-order valence-corrected chi connectivity index (χ1v) is 8.88. The van der Waals surface area contributed by atoms with Gasteiger partial charge in [0.05, 0.1) is 22.8 Å². The van der Waals surface area contributed by atoms with Gasteiger partial charge in [0, 0.05) is 23.6 Å². The van der Waals surface area contributed by atoms with Gasteiger partial charge in [-0.25, -0.2) is 4.68 Å². The van der Waals surface area contributed by atoms with E-state index in [1.807, 2.05) is 24.4 Å². The molecule has 0 saturated heterocycles. The van der Waals surface area contributed by atoms with Crippen LogP contribution < -0.4 is 0 Å². The predicted octanol–water partition coefficient (Wildman–Crippen LogP) is 3.21. The Hall–Kier alpha value is -3.07. The molecule has 26 heavy (non-hydrogen) atoms. The summed E-state index contributed by atoms with van der Waals surface area (Å²) < 4.78 is 1.44. The lowest BCUT2D eigenvalue weighted by Crippen LogP contribution is -2.30. The minimum absolute atomic E-state index is 0.0434. The van der Waals surface area contributed by atoms with E-state index in [1.54, 1.807) is 35.3 Å². The van der Waals surface area contributed by atoms with Gasteiger partial charge in [0.1, 0.15) is 0 Å². The molecule has 0 unspecified atom stereocenters. The van der Waals surface area contributed by atoms with Crippen molar-refractivity contribution in [3.63, 3.8) is 0 Å². The molecule has 0 atom stereocenters. The summed E-state index contributed by atoms with van der Waals surface area (Å²) in [5.74, 6) is -0.213. The van der Waals surface area contributed by atoms with E-state index in [2.05, 4.69) is 10.3 Å². The van der Waals surface area contributed by atoms with Gasteiger partial charge in [-0.05, 0) is 31.4 Å². The first-order valence-electron chi connectivity index (χ1n) is 8.00. The Morgan fingerprint density at radius 1 is 1.35 bits per heavy atom. The molecule has 0 radical (unpaired) electrons. The standard InChI is InChI=1S/C17H17N5O3S/c1-3-20(11-15-8-5-9-26-15)17(23)16-12(2)21(19-18-16)13-6-4-7-14(10-13)22(24)25/h4-10H,3,11H2,1-2H3. The lowest BCUT2D eigenvalue weighted by molar-refractivity contribution is -0.384. The van der Waals surface area contributed by atoms with E-state index in [-0.39, 0.29) is 17.3 Å². The topological polar surface area (TPSA) is 94.2 Å². The van der Waals surface area contributed by atoms with Gasteiger partial charge in [-0.1, -0.05) is 17.3 Å². The van der Waals surface area contributed by atoms with Gasteiger partial charge in [-0.3, -0.25) is 14.9 Å². The normalized spacial score (nSPS) is 10.7. The molecular weight excluding hydrogens is 354 g/mol.